The van der Waals surface area contributed by atoms with Crippen LogP contribution >= 0.6 is 0 Å². The molecule has 2 N–H and O–H groups in total. The Kier molecular flexibility index (Phi) is 2.91. The second-order valence-electron chi connectivity index (χ2n) is 4.49. The molecule has 4 nitrogen and oxygen atoms in total. The van der Waals surface area contributed by atoms with Gasteiger partial charge in [0, 0.05) is 17.3 Å². The summed E-state index contributed by atoms with van der Waals surface area (Å²) >= 11 is 0. The zero-order chi connectivity index (χ0) is 14.1. The Morgan fingerprint density at radius 1 is 1.10 bits per heavy atom. The van der Waals surface area contributed by atoms with Gasteiger partial charge in [0.05, 0.1) is 18.2 Å². The molecule has 0 saturated heterocycles. The number of carbonyl (C=O) groups is 1. The quantitative estimate of drug-likeness (QED) is 0.792. The molecule has 0 aliphatic rings. The Morgan fingerprint density at radius 2 is 1.80 bits per heavy atom. The van der Waals surface area contributed by atoms with Crippen molar-refractivity contribution in [3.05, 3.63) is 60.3 Å². The highest BCUT2D eigenvalue weighted by atomic mass is 16.5. The second kappa shape index (κ2) is 4.74. The summed E-state index contributed by atoms with van der Waals surface area (Å²) in [6.45, 7) is 0. The van der Waals surface area contributed by atoms with Crippen LogP contribution < -0.4 is 10.5 Å². The van der Waals surface area contributed by atoms with Crippen LogP contribution in [0.15, 0.2) is 54.7 Å². The van der Waals surface area contributed by atoms with Crippen LogP contribution in [0.1, 0.15) is 10.4 Å². The van der Waals surface area contributed by atoms with Crippen molar-refractivity contribution in [2.45, 2.75) is 0 Å². The zero-order valence-electron chi connectivity index (χ0n) is 11.0. The highest BCUT2D eigenvalue weighted by molar-refractivity contribution is 6.06. The molecule has 0 spiro atoms. The van der Waals surface area contributed by atoms with Crippen LogP contribution in [-0.2, 0) is 0 Å². The van der Waals surface area contributed by atoms with E-state index < -0.39 is 5.91 Å². The van der Waals surface area contributed by atoms with Crippen LogP contribution in [0.25, 0.3) is 16.6 Å². The minimum absolute atomic E-state index is 0.423. The molecule has 0 bridgehead atoms. The third-order valence-electron chi connectivity index (χ3n) is 3.33. The summed E-state index contributed by atoms with van der Waals surface area (Å²) in [6.07, 6.45) is 1.77. The van der Waals surface area contributed by atoms with Gasteiger partial charge in [-0.25, -0.2) is 0 Å². The SMILES string of the molecule is COc1ccc(-n2cc(C(N)=O)c3ccccc32)cc1. The van der Waals surface area contributed by atoms with Gasteiger partial charge in [-0.05, 0) is 30.3 Å². The number of nitrogens with two attached hydrogens (primary N) is 1. The van der Waals surface area contributed by atoms with Crippen molar-refractivity contribution >= 4 is 16.8 Å². The molecule has 4 heteroatoms. The van der Waals surface area contributed by atoms with Crippen LogP contribution in [0.4, 0.5) is 0 Å². The number of carbonyl (C=O) groups excluding carboxylic acids is 1. The fourth-order valence-electron chi connectivity index (χ4n) is 2.33. The molecule has 3 rings (SSSR count). The van der Waals surface area contributed by atoms with Gasteiger partial charge in [0.25, 0.3) is 5.91 Å². The number of primary amides is 1. The lowest BCUT2D eigenvalue weighted by molar-refractivity contribution is 0.100. The molecule has 0 saturated carbocycles. The summed E-state index contributed by atoms with van der Waals surface area (Å²) in [7, 11) is 1.63. The van der Waals surface area contributed by atoms with Crippen molar-refractivity contribution in [3.8, 4) is 11.4 Å². The number of ether oxygens (including phenoxy) is 1. The smallest absolute Gasteiger partial charge is 0.250 e. The lowest BCUT2D eigenvalue weighted by atomic mass is 10.2. The molecule has 0 radical (unpaired) electrons. The number of hydrogen-bond donors (Lipinski definition) is 1. The van der Waals surface area contributed by atoms with Gasteiger partial charge in [-0.1, -0.05) is 18.2 Å². The van der Waals surface area contributed by atoms with E-state index in [0.717, 1.165) is 22.3 Å². The molecule has 20 heavy (non-hydrogen) atoms. The molecular weight excluding hydrogens is 252 g/mol. The predicted octanol–water partition coefficient (Wildman–Crippen LogP) is 2.74. The first-order chi connectivity index (χ1) is 9.70. The van der Waals surface area contributed by atoms with Gasteiger partial charge in [-0.2, -0.15) is 0 Å². The van der Waals surface area contributed by atoms with Crippen LogP contribution in [-0.4, -0.2) is 17.6 Å². The summed E-state index contributed by atoms with van der Waals surface area (Å²) in [5.74, 6) is 0.369. The molecule has 0 atom stereocenters. The number of aromatic nitrogens is 1. The molecular formula is C16H14N2O2. The largest absolute Gasteiger partial charge is 0.497 e. The van der Waals surface area contributed by atoms with Gasteiger partial charge in [0.2, 0.25) is 0 Å². The Morgan fingerprint density at radius 3 is 2.45 bits per heavy atom. The van der Waals surface area contributed by atoms with E-state index in [1.807, 2.05) is 53.1 Å². The van der Waals surface area contributed by atoms with Crippen LogP contribution in [0, 0.1) is 0 Å². The molecule has 1 heterocycles. The Hall–Kier alpha value is -2.75. The van der Waals surface area contributed by atoms with E-state index in [1.54, 1.807) is 13.3 Å². The van der Waals surface area contributed by atoms with E-state index in [2.05, 4.69) is 0 Å². The summed E-state index contributed by atoms with van der Waals surface area (Å²) in [4.78, 5) is 11.5. The summed E-state index contributed by atoms with van der Waals surface area (Å²) in [5.41, 5.74) is 7.87. The maximum atomic E-state index is 11.5. The molecule has 1 amide bonds. The van der Waals surface area contributed by atoms with Gasteiger partial charge in [0.1, 0.15) is 5.75 Å². The molecule has 100 valence electrons. The summed E-state index contributed by atoms with van der Waals surface area (Å²) in [5, 5.41) is 0.857. The minimum atomic E-state index is -0.423. The van der Waals surface area contributed by atoms with Crippen molar-refractivity contribution in [1.29, 1.82) is 0 Å². The highest BCUT2D eigenvalue weighted by Crippen LogP contribution is 2.25. The van der Waals surface area contributed by atoms with Crippen LogP contribution in [0.2, 0.25) is 0 Å². The van der Waals surface area contributed by atoms with Crippen molar-refractivity contribution < 1.29 is 9.53 Å². The fraction of sp³-hybridized carbons (Fsp3) is 0.0625. The number of benzene rings is 2. The van der Waals surface area contributed by atoms with Gasteiger partial charge >= 0.3 is 0 Å². The summed E-state index contributed by atoms with van der Waals surface area (Å²) in [6, 6.07) is 15.3. The van der Waals surface area contributed by atoms with E-state index >= 15 is 0 Å². The molecule has 0 aliphatic carbocycles. The van der Waals surface area contributed by atoms with E-state index in [1.165, 1.54) is 0 Å². The standard InChI is InChI=1S/C16H14N2O2/c1-20-12-8-6-11(7-9-12)18-10-14(16(17)19)13-4-2-3-5-15(13)18/h2-10H,1H3,(H2,17,19). The maximum Gasteiger partial charge on any atom is 0.250 e. The van der Waals surface area contributed by atoms with Gasteiger partial charge < -0.3 is 15.0 Å². The van der Waals surface area contributed by atoms with Crippen LogP contribution in [0.3, 0.4) is 0 Å². The lowest BCUT2D eigenvalue weighted by Gasteiger charge is -2.06. The normalized spacial score (nSPS) is 10.7. The molecule has 0 fully saturated rings. The minimum Gasteiger partial charge on any atom is -0.497 e. The Balaban J connectivity index is 2.22. The second-order valence-corrected chi connectivity index (χ2v) is 4.49. The third kappa shape index (κ3) is 1.91. The van der Waals surface area contributed by atoms with E-state index in [-0.39, 0.29) is 0 Å². The predicted molar refractivity (Wildman–Crippen MR) is 78.3 cm³/mol. The number of fused-ring (bicyclic) bond motifs is 1. The van der Waals surface area contributed by atoms with Crippen molar-refractivity contribution in [2.75, 3.05) is 7.11 Å². The first-order valence-electron chi connectivity index (χ1n) is 6.25. The van der Waals surface area contributed by atoms with Crippen molar-refractivity contribution in [2.24, 2.45) is 5.73 Å². The maximum absolute atomic E-state index is 11.5. The molecule has 2 aromatic carbocycles. The lowest BCUT2D eigenvalue weighted by Crippen LogP contribution is -2.10. The fourth-order valence-corrected chi connectivity index (χ4v) is 2.33. The zero-order valence-corrected chi connectivity index (χ0v) is 11.0. The number of hydrogen-bond acceptors (Lipinski definition) is 2. The molecule has 0 aliphatic heterocycles. The first kappa shape index (κ1) is 12.3. The summed E-state index contributed by atoms with van der Waals surface area (Å²) < 4.78 is 7.11. The Bertz CT molecular complexity index is 773. The number of rotatable bonds is 3. The van der Waals surface area contributed by atoms with Gasteiger partial charge in [-0.15, -0.1) is 0 Å². The highest BCUT2D eigenvalue weighted by Gasteiger charge is 2.12. The first-order valence-corrected chi connectivity index (χ1v) is 6.25. The monoisotopic (exact) mass is 266 g/mol. The number of nitrogens with zero attached hydrogens (tertiary/aromatic N) is 1. The van der Waals surface area contributed by atoms with Gasteiger partial charge in [0.15, 0.2) is 0 Å². The number of para-hydroxylation sites is 1. The topological polar surface area (TPSA) is 57.2 Å². The third-order valence-corrected chi connectivity index (χ3v) is 3.33. The van der Waals surface area contributed by atoms with Crippen molar-refractivity contribution in [3.63, 3.8) is 0 Å². The molecule has 3 aromatic rings. The average molecular weight is 266 g/mol. The molecule has 1 aromatic heterocycles. The van der Waals surface area contributed by atoms with E-state index in [0.29, 0.717) is 5.56 Å². The number of methoxy groups -OCH3 is 1. The molecule has 0 unspecified atom stereocenters. The van der Waals surface area contributed by atoms with Crippen LogP contribution in [0.5, 0.6) is 5.75 Å². The van der Waals surface area contributed by atoms with E-state index in [9.17, 15) is 4.79 Å². The van der Waals surface area contributed by atoms with Gasteiger partial charge in [-0.3, -0.25) is 4.79 Å². The average Bonchev–Trinajstić information content (AvgIpc) is 2.87. The number of amides is 1. The van der Waals surface area contributed by atoms with E-state index in [4.69, 9.17) is 10.5 Å². The Labute approximate surface area is 116 Å². The van der Waals surface area contributed by atoms with Crippen molar-refractivity contribution in [1.82, 2.24) is 4.57 Å².